The normalized spacial score (nSPS) is 22.1. The zero-order valence-electron chi connectivity index (χ0n) is 16.1. The quantitative estimate of drug-likeness (QED) is 0.614. The van der Waals surface area contributed by atoms with Crippen molar-refractivity contribution < 1.29 is 13.2 Å². The van der Waals surface area contributed by atoms with Crippen LogP contribution in [0, 0.1) is 5.92 Å². The molecule has 0 spiro atoms. The van der Waals surface area contributed by atoms with Crippen LogP contribution in [0.2, 0.25) is 0 Å². The second kappa shape index (κ2) is 8.30. The maximum absolute atomic E-state index is 13.4. The summed E-state index contributed by atoms with van der Waals surface area (Å²) in [6.07, 6.45) is 5.84. The summed E-state index contributed by atoms with van der Waals surface area (Å²) in [5.74, 6) is 0.625. The highest BCUT2D eigenvalue weighted by Gasteiger charge is 2.36. The van der Waals surface area contributed by atoms with Gasteiger partial charge in [-0.1, -0.05) is 25.1 Å². The number of anilines is 2. The van der Waals surface area contributed by atoms with E-state index in [-0.39, 0.29) is 0 Å². The summed E-state index contributed by atoms with van der Waals surface area (Å²) in [6.45, 7) is 0.864. The maximum atomic E-state index is 13.4. The van der Waals surface area contributed by atoms with E-state index in [4.69, 9.17) is 12.2 Å². The van der Waals surface area contributed by atoms with Crippen molar-refractivity contribution >= 4 is 28.6 Å². The first-order valence-electron chi connectivity index (χ1n) is 10.1. The number of nitrogens with zero attached hydrogens (tertiary/aromatic N) is 2. The van der Waals surface area contributed by atoms with Gasteiger partial charge in [0.1, 0.15) is 4.99 Å². The minimum Gasteiger partial charge on any atom is -0.367 e. The van der Waals surface area contributed by atoms with E-state index in [1.807, 2.05) is 0 Å². The van der Waals surface area contributed by atoms with E-state index in [0.29, 0.717) is 22.6 Å². The Labute approximate surface area is 174 Å². The average Bonchev–Trinajstić information content (AvgIpc) is 2.73. The second-order valence-electron chi connectivity index (χ2n) is 7.87. The third kappa shape index (κ3) is 4.39. The van der Waals surface area contributed by atoms with E-state index in [1.54, 1.807) is 30.6 Å². The molecule has 2 aliphatic rings. The molecule has 0 unspecified atom stereocenters. The lowest BCUT2D eigenvalue weighted by molar-refractivity contribution is -0.137. The van der Waals surface area contributed by atoms with E-state index in [2.05, 4.69) is 15.2 Å². The molecule has 0 bridgehead atoms. The van der Waals surface area contributed by atoms with E-state index in [9.17, 15) is 13.2 Å². The van der Waals surface area contributed by atoms with Gasteiger partial charge in [-0.2, -0.15) is 13.2 Å². The first-order valence-corrected chi connectivity index (χ1v) is 10.5. The summed E-state index contributed by atoms with van der Waals surface area (Å²) in [6, 6.07) is 7.88. The minimum absolute atomic E-state index is 0.393. The molecule has 2 fully saturated rings. The lowest BCUT2D eigenvalue weighted by Gasteiger charge is -2.46. The summed E-state index contributed by atoms with van der Waals surface area (Å²) in [5, 5.41) is 3.09. The number of halogens is 3. The van der Waals surface area contributed by atoms with E-state index >= 15 is 0 Å². The molecule has 1 saturated heterocycles. The Balaban J connectivity index is 1.70. The number of aromatic nitrogens is 1. The standard InChI is InChI=1S/C22H24F3N3S/c23-22(24,25)17-7-8-20(28-13-3-5-15-4-1-2-6-19(15)28)18(14-17)27-21(29)16-9-11-26-12-10-16/h7-12,14-15,19H,1-6,13H2,(H,27,29)/t15-,19+/m0/s1. The Kier molecular flexibility index (Phi) is 5.76. The van der Waals surface area contributed by atoms with Gasteiger partial charge >= 0.3 is 6.18 Å². The van der Waals surface area contributed by atoms with Crippen LogP contribution in [0.5, 0.6) is 0 Å². The van der Waals surface area contributed by atoms with Crippen LogP contribution in [0.25, 0.3) is 0 Å². The molecule has 1 N–H and O–H groups in total. The largest absolute Gasteiger partial charge is 0.416 e. The Morgan fingerprint density at radius 1 is 1.03 bits per heavy atom. The molecular weight excluding hydrogens is 395 g/mol. The van der Waals surface area contributed by atoms with E-state index in [1.165, 1.54) is 37.8 Å². The van der Waals surface area contributed by atoms with Crippen molar-refractivity contribution in [2.24, 2.45) is 5.92 Å². The van der Waals surface area contributed by atoms with Gasteiger partial charge in [-0.3, -0.25) is 4.98 Å². The first-order chi connectivity index (χ1) is 13.9. The number of piperidine rings is 1. The van der Waals surface area contributed by atoms with Crippen molar-refractivity contribution in [3.8, 4) is 0 Å². The highest BCUT2D eigenvalue weighted by atomic mass is 32.1. The fraction of sp³-hybridized carbons (Fsp3) is 0.455. The number of pyridine rings is 1. The van der Waals surface area contributed by atoms with Gasteiger partial charge in [-0.05, 0) is 61.9 Å². The number of rotatable bonds is 3. The van der Waals surface area contributed by atoms with Crippen molar-refractivity contribution in [2.45, 2.75) is 50.7 Å². The second-order valence-corrected chi connectivity index (χ2v) is 8.28. The lowest BCUT2D eigenvalue weighted by Crippen LogP contribution is -2.47. The predicted molar refractivity (Wildman–Crippen MR) is 113 cm³/mol. The molecule has 1 aromatic heterocycles. The van der Waals surface area contributed by atoms with Crippen LogP contribution in [0.1, 0.15) is 49.7 Å². The van der Waals surface area contributed by atoms with Crippen molar-refractivity contribution in [1.82, 2.24) is 4.98 Å². The molecule has 2 atom stereocenters. The van der Waals surface area contributed by atoms with Crippen LogP contribution in [-0.2, 0) is 6.18 Å². The van der Waals surface area contributed by atoms with Crippen LogP contribution < -0.4 is 10.2 Å². The fourth-order valence-corrected chi connectivity index (χ4v) is 4.93. The SMILES string of the molecule is FC(F)(F)c1ccc(N2CCC[C@@H]3CCCC[C@H]32)c(NC(=S)c2ccncc2)c1. The number of fused-ring (bicyclic) bond motifs is 1. The smallest absolute Gasteiger partial charge is 0.367 e. The summed E-state index contributed by atoms with van der Waals surface area (Å²) in [4.78, 5) is 6.68. The summed E-state index contributed by atoms with van der Waals surface area (Å²) in [7, 11) is 0. The molecule has 4 rings (SSSR count). The molecule has 1 aromatic carbocycles. The topological polar surface area (TPSA) is 28.2 Å². The number of hydrogen-bond acceptors (Lipinski definition) is 3. The zero-order chi connectivity index (χ0) is 20.4. The molecule has 3 nitrogen and oxygen atoms in total. The number of thiocarbonyl (C=S) groups is 1. The molecule has 2 aromatic rings. The molecule has 1 aliphatic heterocycles. The van der Waals surface area contributed by atoms with Crippen LogP contribution >= 0.6 is 12.2 Å². The number of alkyl halides is 3. The molecule has 0 amide bonds. The van der Waals surface area contributed by atoms with Gasteiger partial charge in [-0.15, -0.1) is 0 Å². The van der Waals surface area contributed by atoms with Crippen LogP contribution in [0.15, 0.2) is 42.7 Å². The molecule has 7 heteroatoms. The van der Waals surface area contributed by atoms with Crippen LogP contribution in [0.4, 0.5) is 24.5 Å². The molecule has 0 radical (unpaired) electrons. The molecular formula is C22H24F3N3S. The van der Waals surface area contributed by atoms with Gasteiger partial charge in [0.25, 0.3) is 0 Å². The summed E-state index contributed by atoms with van der Waals surface area (Å²) in [5.41, 5.74) is 1.30. The number of hydrogen-bond donors (Lipinski definition) is 1. The van der Waals surface area contributed by atoms with Crippen molar-refractivity contribution in [2.75, 3.05) is 16.8 Å². The number of nitrogens with one attached hydrogen (secondary N) is 1. The van der Waals surface area contributed by atoms with E-state index < -0.39 is 11.7 Å². The Hall–Kier alpha value is -2.15. The van der Waals surface area contributed by atoms with Gasteiger partial charge in [0.15, 0.2) is 0 Å². The van der Waals surface area contributed by atoms with Gasteiger partial charge < -0.3 is 10.2 Å². The maximum Gasteiger partial charge on any atom is 0.416 e. The predicted octanol–water partition coefficient (Wildman–Crippen LogP) is 6.05. The highest BCUT2D eigenvalue weighted by Crippen LogP contribution is 2.42. The summed E-state index contributed by atoms with van der Waals surface area (Å²) >= 11 is 5.48. The molecule has 1 saturated carbocycles. The van der Waals surface area contributed by atoms with Gasteiger partial charge in [0, 0.05) is 30.5 Å². The Bertz CT molecular complexity index is 867. The zero-order valence-corrected chi connectivity index (χ0v) is 16.9. The molecule has 29 heavy (non-hydrogen) atoms. The third-order valence-electron chi connectivity index (χ3n) is 6.07. The average molecular weight is 420 g/mol. The van der Waals surface area contributed by atoms with Gasteiger partial charge in [0.05, 0.1) is 16.9 Å². The van der Waals surface area contributed by atoms with Crippen LogP contribution in [-0.4, -0.2) is 22.6 Å². The van der Waals surface area contributed by atoms with Crippen molar-refractivity contribution in [1.29, 1.82) is 0 Å². The summed E-state index contributed by atoms with van der Waals surface area (Å²) < 4.78 is 40.2. The van der Waals surface area contributed by atoms with Crippen molar-refractivity contribution in [3.05, 3.63) is 53.9 Å². The lowest BCUT2D eigenvalue weighted by atomic mass is 9.78. The minimum atomic E-state index is -4.40. The Morgan fingerprint density at radius 3 is 2.52 bits per heavy atom. The fourth-order valence-electron chi connectivity index (χ4n) is 4.68. The molecule has 154 valence electrons. The van der Waals surface area contributed by atoms with Crippen LogP contribution in [0.3, 0.4) is 0 Å². The van der Waals surface area contributed by atoms with Gasteiger partial charge in [0.2, 0.25) is 0 Å². The molecule has 1 aliphatic carbocycles. The monoisotopic (exact) mass is 419 g/mol. The van der Waals surface area contributed by atoms with Crippen molar-refractivity contribution in [3.63, 3.8) is 0 Å². The first kappa shape index (κ1) is 20.1. The highest BCUT2D eigenvalue weighted by molar-refractivity contribution is 7.81. The van der Waals surface area contributed by atoms with E-state index in [0.717, 1.165) is 30.6 Å². The number of benzene rings is 1. The Morgan fingerprint density at radius 2 is 1.76 bits per heavy atom. The third-order valence-corrected chi connectivity index (χ3v) is 6.41. The van der Waals surface area contributed by atoms with Gasteiger partial charge in [-0.25, -0.2) is 0 Å². The molecule has 2 heterocycles.